The third-order valence-electron chi connectivity index (χ3n) is 5.57. The summed E-state index contributed by atoms with van der Waals surface area (Å²) < 4.78 is 5.13. The zero-order chi connectivity index (χ0) is 21.7. The minimum Gasteiger partial charge on any atom is -0.456 e. The maximum absolute atomic E-state index is 12.3. The normalized spacial score (nSPS) is 15.0. The van der Waals surface area contributed by atoms with Gasteiger partial charge in [0, 0.05) is 12.1 Å². The van der Waals surface area contributed by atoms with Crippen LogP contribution < -0.4 is 10.9 Å². The Morgan fingerprint density at radius 2 is 2.07 bits per heavy atom. The number of carbonyl (C=O) groups excluding carboxylic acids is 2. The highest BCUT2D eigenvalue weighted by molar-refractivity contribution is 5.81. The molecule has 30 heavy (non-hydrogen) atoms. The van der Waals surface area contributed by atoms with Crippen molar-refractivity contribution in [3.05, 3.63) is 68.1 Å². The van der Waals surface area contributed by atoms with Gasteiger partial charge in [-0.05, 0) is 61.8 Å². The Labute approximate surface area is 175 Å². The van der Waals surface area contributed by atoms with Crippen LogP contribution in [0.4, 0.5) is 0 Å². The fraction of sp³-hybridized carbons (Fsp3) is 0.391. The molecular formula is C23H25N3O4. The Kier molecular flexibility index (Phi) is 6.68. The Hall–Kier alpha value is -3.40. The molecule has 1 aromatic heterocycles. The predicted molar refractivity (Wildman–Crippen MR) is 111 cm³/mol. The van der Waals surface area contributed by atoms with Crippen molar-refractivity contribution >= 4 is 11.9 Å². The molecule has 0 bridgehead atoms. The fourth-order valence-electron chi connectivity index (χ4n) is 4.01. The fourth-order valence-corrected chi connectivity index (χ4v) is 4.01. The van der Waals surface area contributed by atoms with Crippen molar-refractivity contribution in [2.24, 2.45) is 0 Å². The largest absolute Gasteiger partial charge is 0.456 e. The van der Waals surface area contributed by atoms with Crippen molar-refractivity contribution in [3.63, 3.8) is 0 Å². The molecule has 0 saturated carbocycles. The van der Waals surface area contributed by atoms with E-state index in [2.05, 4.69) is 16.4 Å². The van der Waals surface area contributed by atoms with Crippen LogP contribution in [0, 0.1) is 25.2 Å². The first-order valence-electron chi connectivity index (χ1n) is 10.1. The van der Waals surface area contributed by atoms with E-state index in [1.165, 1.54) is 5.56 Å². The lowest BCUT2D eigenvalue weighted by Gasteiger charge is -2.26. The second-order valence-electron chi connectivity index (χ2n) is 7.54. The number of ether oxygens (including phenoxy) is 1. The number of H-pyrrole nitrogens is 1. The van der Waals surface area contributed by atoms with E-state index in [9.17, 15) is 14.4 Å². The molecule has 0 aliphatic heterocycles. The van der Waals surface area contributed by atoms with Crippen LogP contribution in [0.3, 0.4) is 0 Å². The second-order valence-corrected chi connectivity index (χ2v) is 7.54. The lowest BCUT2D eigenvalue weighted by Crippen LogP contribution is -2.34. The number of nitrogens with zero attached hydrogens (tertiary/aromatic N) is 1. The van der Waals surface area contributed by atoms with E-state index >= 15 is 0 Å². The molecule has 2 aromatic rings. The quantitative estimate of drug-likeness (QED) is 0.715. The molecule has 1 aromatic carbocycles. The van der Waals surface area contributed by atoms with Crippen LogP contribution in [0.1, 0.15) is 58.8 Å². The van der Waals surface area contributed by atoms with Crippen molar-refractivity contribution in [2.45, 2.75) is 52.0 Å². The maximum Gasteiger partial charge on any atom is 0.306 e. The summed E-state index contributed by atoms with van der Waals surface area (Å²) in [6, 6.07) is 9.89. The van der Waals surface area contributed by atoms with Crippen LogP contribution in [-0.4, -0.2) is 23.5 Å². The summed E-state index contributed by atoms with van der Waals surface area (Å²) in [7, 11) is 0. The summed E-state index contributed by atoms with van der Waals surface area (Å²) in [5.41, 5.74) is 3.93. The molecule has 0 spiro atoms. The van der Waals surface area contributed by atoms with Gasteiger partial charge >= 0.3 is 5.97 Å². The lowest BCUT2D eigenvalue weighted by molar-refractivity contribution is -0.148. The summed E-state index contributed by atoms with van der Waals surface area (Å²) in [4.78, 5) is 38.8. The number of aromatic nitrogens is 1. The first kappa shape index (κ1) is 21.3. The van der Waals surface area contributed by atoms with E-state index < -0.39 is 11.5 Å². The van der Waals surface area contributed by atoms with Crippen molar-refractivity contribution in [3.8, 4) is 6.07 Å². The minimum atomic E-state index is -0.502. The number of hydrogen-bond donors (Lipinski definition) is 2. The van der Waals surface area contributed by atoms with E-state index in [1.54, 1.807) is 13.8 Å². The van der Waals surface area contributed by atoms with Crippen molar-refractivity contribution < 1.29 is 14.3 Å². The average Bonchev–Trinajstić information content (AvgIpc) is 2.72. The average molecular weight is 407 g/mol. The highest BCUT2D eigenvalue weighted by atomic mass is 16.5. The molecule has 0 fully saturated rings. The van der Waals surface area contributed by atoms with Gasteiger partial charge < -0.3 is 15.0 Å². The van der Waals surface area contributed by atoms with Crippen LogP contribution in [0.15, 0.2) is 29.1 Å². The zero-order valence-electron chi connectivity index (χ0n) is 17.2. The number of aryl methyl sites for hydroxylation is 2. The van der Waals surface area contributed by atoms with Crippen LogP contribution in [-0.2, 0) is 27.2 Å². The molecule has 7 nitrogen and oxygen atoms in total. The smallest absolute Gasteiger partial charge is 0.306 e. The lowest BCUT2D eigenvalue weighted by atomic mass is 9.88. The third-order valence-corrected chi connectivity index (χ3v) is 5.57. The Morgan fingerprint density at radius 3 is 2.83 bits per heavy atom. The van der Waals surface area contributed by atoms with Crippen molar-refractivity contribution in [1.29, 1.82) is 5.26 Å². The number of carbonyl (C=O) groups is 2. The number of rotatable bonds is 6. The summed E-state index contributed by atoms with van der Waals surface area (Å²) in [5.74, 6) is -0.828. The first-order chi connectivity index (χ1) is 14.4. The molecule has 1 amide bonds. The first-order valence-corrected chi connectivity index (χ1v) is 10.1. The maximum atomic E-state index is 12.3. The van der Waals surface area contributed by atoms with Gasteiger partial charge in [-0.1, -0.05) is 24.3 Å². The van der Waals surface area contributed by atoms with Gasteiger partial charge in [0.1, 0.15) is 11.6 Å². The standard InChI is InChI=1S/C23H25N3O4/c1-14-17(15(2)25-23(29)19(14)12-24)10-11-22(28)30-13-21(27)26-20-9-5-7-16-6-3-4-8-18(16)20/h3-4,6,8,20H,5,7,9-11,13H2,1-2H3,(H,25,29)(H,26,27)/t20-/m0/s1. The molecule has 0 radical (unpaired) electrons. The van der Waals surface area contributed by atoms with E-state index in [0.29, 0.717) is 17.7 Å². The molecule has 1 aliphatic rings. The highest BCUT2D eigenvalue weighted by Gasteiger charge is 2.22. The third kappa shape index (κ3) is 4.77. The van der Waals surface area contributed by atoms with Gasteiger partial charge in [0.15, 0.2) is 6.61 Å². The van der Waals surface area contributed by atoms with E-state index in [0.717, 1.165) is 30.4 Å². The van der Waals surface area contributed by atoms with Crippen LogP contribution in [0.5, 0.6) is 0 Å². The molecule has 3 rings (SSSR count). The van der Waals surface area contributed by atoms with E-state index in [-0.39, 0.29) is 30.5 Å². The van der Waals surface area contributed by atoms with E-state index in [4.69, 9.17) is 10.00 Å². The number of fused-ring (bicyclic) bond motifs is 1. The SMILES string of the molecule is Cc1[nH]c(=O)c(C#N)c(C)c1CCC(=O)OCC(=O)N[C@H]1CCCc2ccccc21. The van der Waals surface area contributed by atoms with Crippen molar-refractivity contribution in [1.82, 2.24) is 10.3 Å². The number of pyridine rings is 1. The highest BCUT2D eigenvalue weighted by Crippen LogP contribution is 2.29. The number of esters is 1. The molecule has 0 unspecified atom stereocenters. The molecule has 1 heterocycles. The van der Waals surface area contributed by atoms with Gasteiger partial charge in [-0.3, -0.25) is 14.4 Å². The zero-order valence-corrected chi connectivity index (χ0v) is 17.2. The number of nitriles is 1. The number of hydrogen-bond acceptors (Lipinski definition) is 5. The molecule has 7 heteroatoms. The molecule has 1 atom stereocenters. The Balaban J connectivity index is 1.52. The Morgan fingerprint density at radius 1 is 1.30 bits per heavy atom. The number of amides is 1. The van der Waals surface area contributed by atoms with Gasteiger partial charge in [0.2, 0.25) is 0 Å². The van der Waals surface area contributed by atoms with Gasteiger partial charge in [-0.25, -0.2) is 0 Å². The summed E-state index contributed by atoms with van der Waals surface area (Å²) in [5, 5.41) is 12.1. The monoisotopic (exact) mass is 407 g/mol. The second kappa shape index (κ2) is 9.40. The van der Waals surface area contributed by atoms with E-state index in [1.807, 2.05) is 24.3 Å². The van der Waals surface area contributed by atoms with Crippen LogP contribution >= 0.6 is 0 Å². The van der Waals surface area contributed by atoms with Gasteiger partial charge in [-0.2, -0.15) is 5.26 Å². The summed E-state index contributed by atoms with van der Waals surface area (Å²) in [6.07, 6.45) is 3.25. The topological polar surface area (TPSA) is 112 Å². The number of aromatic amines is 1. The van der Waals surface area contributed by atoms with Gasteiger partial charge in [0.25, 0.3) is 11.5 Å². The summed E-state index contributed by atoms with van der Waals surface area (Å²) in [6.45, 7) is 3.09. The van der Waals surface area contributed by atoms with Gasteiger partial charge in [-0.15, -0.1) is 0 Å². The van der Waals surface area contributed by atoms with Crippen LogP contribution in [0.2, 0.25) is 0 Å². The van der Waals surface area contributed by atoms with Crippen LogP contribution in [0.25, 0.3) is 0 Å². The van der Waals surface area contributed by atoms with Crippen molar-refractivity contribution in [2.75, 3.05) is 6.61 Å². The molecule has 2 N–H and O–H groups in total. The molecule has 0 saturated heterocycles. The summed E-state index contributed by atoms with van der Waals surface area (Å²) >= 11 is 0. The van der Waals surface area contributed by atoms with Gasteiger partial charge in [0.05, 0.1) is 6.04 Å². The predicted octanol–water partition coefficient (Wildman–Crippen LogP) is 2.53. The molecule has 1 aliphatic carbocycles. The number of nitrogens with one attached hydrogen (secondary N) is 2. The minimum absolute atomic E-state index is 0.0520. The Bertz CT molecular complexity index is 1070. The number of benzene rings is 1. The molecular weight excluding hydrogens is 382 g/mol. The molecule has 156 valence electrons.